The number of anilines is 1. The van der Waals surface area contributed by atoms with Gasteiger partial charge in [-0.25, -0.2) is 0 Å². The lowest BCUT2D eigenvalue weighted by molar-refractivity contribution is 0.339. The first-order chi connectivity index (χ1) is 9.24. The molecule has 19 heavy (non-hydrogen) atoms. The SMILES string of the molecule is CCOc1ccccc1N1CC2(CC2)CNCC1C. The van der Waals surface area contributed by atoms with E-state index in [-0.39, 0.29) is 0 Å². The minimum atomic E-state index is 0.515. The first-order valence-corrected chi connectivity index (χ1v) is 7.43. The van der Waals surface area contributed by atoms with Gasteiger partial charge in [0.1, 0.15) is 5.75 Å². The van der Waals surface area contributed by atoms with Gasteiger partial charge < -0.3 is 15.0 Å². The number of ether oxygens (including phenoxy) is 1. The lowest BCUT2D eigenvalue weighted by Gasteiger charge is -2.32. The number of rotatable bonds is 3. The third-order valence-corrected chi connectivity index (χ3v) is 4.41. The van der Waals surface area contributed by atoms with Crippen molar-refractivity contribution in [3.8, 4) is 5.75 Å². The number of para-hydroxylation sites is 2. The average molecular weight is 260 g/mol. The standard InChI is InChI=1S/C16H24N2O/c1-3-19-15-7-5-4-6-14(15)18-12-16(8-9-16)11-17-10-13(18)2/h4-7,13,17H,3,8-12H2,1-2H3. The molecule has 0 amide bonds. The van der Waals surface area contributed by atoms with Gasteiger partial charge in [0, 0.05) is 31.1 Å². The summed E-state index contributed by atoms with van der Waals surface area (Å²) in [4.78, 5) is 2.54. The molecule has 3 heteroatoms. The molecular weight excluding hydrogens is 236 g/mol. The largest absolute Gasteiger partial charge is 0.492 e. The van der Waals surface area contributed by atoms with Crippen LogP contribution < -0.4 is 15.0 Å². The van der Waals surface area contributed by atoms with Gasteiger partial charge in [0.25, 0.3) is 0 Å². The van der Waals surface area contributed by atoms with Crippen molar-refractivity contribution in [2.45, 2.75) is 32.7 Å². The van der Waals surface area contributed by atoms with E-state index in [1.54, 1.807) is 0 Å². The fraction of sp³-hybridized carbons (Fsp3) is 0.625. The van der Waals surface area contributed by atoms with Crippen LogP contribution in [0.3, 0.4) is 0 Å². The van der Waals surface area contributed by atoms with E-state index in [9.17, 15) is 0 Å². The minimum absolute atomic E-state index is 0.515. The maximum Gasteiger partial charge on any atom is 0.142 e. The molecule has 2 fully saturated rings. The van der Waals surface area contributed by atoms with Gasteiger partial charge in [-0.15, -0.1) is 0 Å². The van der Waals surface area contributed by atoms with Gasteiger partial charge >= 0.3 is 0 Å². The first kappa shape index (κ1) is 12.8. The van der Waals surface area contributed by atoms with E-state index < -0.39 is 0 Å². The second-order valence-corrected chi connectivity index (χ2v) is 6.01. The zero-order chi connectivity index (χ0) is 13.3. The molecule has 0 bridgehead atoms. The summed E-state index contributed by atoms with van der Waals surface area (Å²) in [6, 6.07) is 8.97. The van der Waals surface area contributed by atoms with Gasteiger partial charge in [-0.2, -0.15) is 0 Å². The Bertz CT molecular complexity index is 442. The van der Waals surface area contributed by atoms with Crippen LogP contribution >= 0.6 is 0 Å². The first-order valence-electron chi connectivity index (χ1n) is 7.43. The van der Waals surface area contributed by atoms with Crippen molar-refractivity contribution in [1.29, 1.82) is 0 Å². The number of nitrogens with one attached hydrogen (secondary N) is 1. The highest BCUT2D eigenvalue weighted by Crippen LogP contribution is 2.48. The Morgan fingerprint density at radius 3 is 2.89 bits per heavy atom. The summed E-state index contributed by atoms with van der Waals surface area (Å²) in [6.07, 6.45) is 2.72. The molecule has 1 heterocycles. The van der Waals surface area contributed by atoms with Crippen molar-refractivity contribution >= 4 is 5.69 Å². The lowest BCUT2D eigenvalue weighted by Crippen LogP contribution is -2.38. The monoisotopic (exact) mass is 260 g/mol. The third-order valence-electron chi connectivity index (χ3n) is 4.41. The number of hydrogen-bond donors (Lipinski definition) is 1. The fourth-order valence-electron chi connectivity index (χ4n) is 3.04. The lowest BCUT2D eigenvalue weighted by atomic mass is 10.1. The molecule has 1 aliphatic heterocycles. The van der Waals surface area contributed by atoms with Crippen molar-refractivity contribution in [1.82, 2.24) is 5.32 Å². The summed E-state index contributed by atoms with van der Waals surface area (Å²) in [5.74, 6) is 1.02. The topological polar surface area (TPSA) is 24.5 Å². The molecule has 0 radical (unpaired) electrons. The zero-order valence-electron chi connectivity index (χ0n) is 12.0. The maximum atomic E-state index is 5.81. The van der Waals surface area contributed by atoms with Crippen LogP contribution in [-0.2, 0) is 0 Å². The van der Waals surface area contributed by atoms with Gasteiger partial charge in [0.05, 0.1) is 12.3 Å². The molecule has 0 aromatic heterocycles. The van der Waals surface area contributed by atoms with Crippen molar-refractivity contribution in [3.63, 3.8) is 0 Å². The molecule has 1 aromatic carbocycles. The number of hydrogen-bond acceptors (Lipinski definition) is 3. The highest BCUT2D eigenvalue weighted by molar-refractivity contribution is 5.59. The van der Waals surface area contributed by atoms with Crippen LogP contribution in [0.25, 0.3) is 0 Å². The Morgan fingerprint density at radius 1 is 1.37 bits per heavy atom. The van der Waals surface area contributed by atoms with Crippen LogP contribution in [0.5, 0.6) is 5.75 Å². The molecule has 1 unspecified atom stereocenters. The molecule has 1 aromatic rings. The van der Waals surface area contributed by atoms with Crippen LogP contribution in [0.15, 0.2) is 24.3 Å². The summed E-state index contributed by atoms with van der Waals surface area (Å²) < 4.78 is 5.81. The molecule has 1 spiro atoms. The third kappa shape index (κ3) is 2.57. The van der Waals surface area contributed by atoms with Crippen LogP contribution in [0.1, 0.15) is 26.7 Å². The highest BCUT2D eigenvalue weighted by Gasteiger charge is 2.46. The smallest absolute Gasteiger partial charge is 0.142 e. The van der Waals surface area contributed by atoms with Crippen LogP contribution in [0, 0.1) is 5.41 Å². The molecule has 1 N–H and O–H groups in total. The van der Waals surface area contributed by atoms with Gasteiger partial charge in [-0.1, -0.05) is 12.1 Å². The maximum absolute atomic E-state index is 5.81. The Labute approximate surface area is 115 Å². The van der Waals surface area contributed by atoms with Gasteiger partial charge in [-0.3, -0.25) is 0 Å². The molecule has 3 rings (SSSR count). The Hall–Kier alpha value is -1.22. The summed E-state index contributed by atoms with van der Waals surface area (Å²) in [6.45, 7) is 8.46. The number of benzene rings is 1. The van der Waals surface area contributed by atoms with Crippen LogP contribution in [0.2, 0.25) is 0 Å². The predicted octanol–water partition coefficient (Wildman–Crippen LogP) is 2.66. The minimum Gasteiger partial charge on any atom is -0.492 e. The van der Waals surface area contributed by atoms with Crippen LogP contribution in [-0.4, -0.2) is 32.3 Å². The van der Waals surface area contributed by atoms with E-state index in [1.165, 1.54) is 25.1 Å². The van der Waals surface area contributed by atoms with Crippen LogP contribution in [0.4, 0.5) is 5.69 Å². The van der Waals surface area contributed by atoms with E-state index in [0.29, 0.717) is 11.5 Å². The molecule has 1 aliphatic carbocycles. The molecule has 2 aliphatic rings. The summed E-state index contributed by atoms with van der Waals surface area (Å²) in [7, 11) is 0. The Morgan fingerprint density at radius 2 is 2.16 bits per heavy atom. The number of nitrogens with zero attached hydrogens (tertiary/aromatic N) is 1. The van der Waals surface area contributed by atoms with Crippen molar-refractivity contribution in [2.24, 2.45) is 5.41 Å². The zero-order valence-corrected chi connectivity index (χ0v) is 12.0. The fourth-order valence-corrected chi connectivity index (χ4v) is 3.04. The second-order valence-electron chi connectivity index (χ2n) is 6.01. The molecule has 1 saturated carbocycles. The van der Waals surface area contributed by atoms with Gasteiger partial charge in [0.15, 0.2) is 0 Å². The van der Waals surface area contributed by atoms with E-state index in [4.69, 9.17) is 4.74 Å². The second kappa shape index (κ2) is 5.04. The molecular formula is C16H24N2O. The highest BCUT2D eigenvalue weighted by atomic mass is 16.5. The molecule has 3 nitrogen and oxygen atoms in total. The summed E-state index contributed by atoms with van der Waals surface area (Å²) >= 11 is 0. The van der Waals surface area contributed by atoms with Crippen molar-refractivity contribution in [2.75, 3.05) is 31.1 Å². The molecule has 1 saturated heterocycles. The summed E-state index contributed by atoms with van der Waals surface area (Å²) in [5.41, 5.74) is 1.77. The van der Waals surface area contributed by atoms with E-state index in [1.807, 2.05) is 6.92 Å². The van der Waals surface area contributed by atoms with E-state index in [0.717, 1.165) is 25.4 Å². The Balaban J connectivity index is 1.89. The van der Waals surface area contributed by atoms with E-state index in [2.05, 4.69) is 41.4 Å². The quantitative estimate of drug-likeness (QED) is 0.904. The van der Waals surface area contributed by atoms with Gasteiger partial charge in [-0.05, 0) is 38.8 Å². The predicted molar refractivity (Wildman–Crippen MR) is 79.0 cm³/mol. The average Bonchev–Trinajstić information content (AvgIpc) is 3.19. The molecule has 1 atom stereocenters. The normalized spacial score (nSPS) is 25.2. The van der Waals surface area contributed by atoms with E-state index >= 15 is 0 Å². The van der Waals surface area contributed by atoms with Gasteiger partial charge in [0.2, 0.25) is 0 Å². The molecule has 104 valence electrons. The van der Waals surface area contributed by atoms with Crippen molar-refractivity contribution in [3.05, 3.63) is 24.3 Å². The Kier molecular flexibility index (Phi) is 3.40. The summed E-state index contributed by atoms with van der Waals surface area (Å²) in [5, 5.41) is 3.62. The van der Waals surface area contributed by atoms with Crippen molar-refractivity contribution < 1.29 is 4.74 Å².